The lowest BCUT2D eigenvalue weighted by Gasteiger charge is -2.37. The molecule has 132 valence electrons. The van der Waals surface area contributed by atoms with Crippen molar-refractivity contribution in [1.29, 1.82) is 0 Å². The van der Waals surface area contributed by atoms with E-state index in [-0.39, 0.29) is 23.8 Å². The van der Waals surface area contributed by atoms with Crippen LogP contribution < -0.4 is 4.90 Å². The first-order valence-electron chi connectivity index (χ1n) is 9.33. The van der Waals surface area contributed by atoms with Gasteiger partial charge >= 0.3 is 0 Å². The van der Waals surface area contributed by atoms with Gasteiger partial charge in [0.05, 0.1) is 11.5 Å². The maximum absolute atomic E-state index is 13.4. The van der Waals surface area contributed by atoms with Gasteiger partial charge in [-0.2, -0.15) is 0 Å². The van der Waals surface area contributed by atoms with E-state index in [1.165, 1.54) is 5.56 Å². The number of hydrogen-bond donors (Lipinski definition) is 0. The van der Waals surface area contributed by atoms with E-state index < -0.39 is 5.41 Å². The second-order valence-corrected chi connectivity index (χ2v) is 7.75. The zero-order valence-corrected chi connectivity index (χ0v) is 14.9. The number of benzene rings is 2. The number of fused-ring (bicyclic) bond motifs is 5. The van der Waals surface area contributed by atoms with Crippen molar-refractivity contribution < 1.29 is 9.59 Å². The summed E-state index contributed by atoms with van der Waals surface area (Å²) in [4.78, 5) is 30.2. The van der Waals surface area contributed by atoms with Gasteiger partial charge in [-0.3, -0.25) is 14.5 Å². The van der Waals surface area contributed by atoms with Gasteiger partial charge in [0.1, 0.15) is 5.78 Å². The fraction of sp³-hybridized carbons (Fsp3) is 0.364. The summed E-state index contributed by atoms with van der Waals surface area (Å²) in [6.07, 6.45) is 1.96. The van der Waals surface area contributed by atoms with Crippen molar-refractivity contribution in [1.82, 2.24) is 4.90 Å². The Labute approximate surface area is 153 Å². The zero-order valence-electron chi connectivity index (χ0n) is 14.9. The van der Waals surface area contributed by atoms with E-state index in [1.54, 1.807) is 4.90 Å². The lowest BCUT2D eigenvalue weighted by molar-refractivity contribution is -0.128. The summed E-state index contributed by atoms with van der Waals surface area (Å²) in [5.41, 5.74) is 2.72. The summed E-state index contributed by atoms with van der Waals surface area (Å²) in [6, 6.07) is 18.3. The number of rotatable bonds is 2. The normalized spacial score (nSPS) is 30.3. The van der Waals surface area contributed by atoms with Crippen LogP contribution in [-0.4, -0.2) is 35.7 Å². The second-order valence-electron chi connectivity index (χ2n) is 7.75. The maximum atomic E-state index is 13.4. The van der Waals surface area contributed by atoms with E-state index >= 15 is 0 Å². The first-order valence-corrected chi connectivity index (χ1v) is 9.33. The molecule has 5 rings (SSSR count). The van der Waals surface area contributed by atoms with Crippen molar-refractivity contribution in [2.75, 3.05) is 11.9 Å². The quantitative estimate of drug-likeness (QED) is 0.839. The topological polar surface area (TPSA) is 40.6 Å². The van der Waals surface area contributed by atoms with E-state index in [9.17, 15) is 9.59 Å². The number of anilines is 1. The molecule has 3 aliphatic rings. The van der Waals surface area contributed by atoms with E-state index in [4.69, 9.17) is 0 Å². The number of Topliss-reactive ketones (excluding diaryl/α,β-unsaturated/α-hetero) is 1. The average molecular weight is 346 g/mol. The number of likely N-dealkylation sites (N-methyl/N-ethyl adjacent to an activating group) is 1. The van der Waals surface area contributed by atoms with Gasteiger partial charge < -0.3 is 4.90 Å². The number of ketones is 1. The molecule has 0 radical (unpaired) electrons. The van der Waals surface area contributed by atoms with Crippen molar-refractivity contribution in [3.63, 3.8) is 0 Å². The third-order valence-electron chi connectivity index (χ3n) is 6.56. The fourth-order valence-electron chi connectivity index (χ4n) is 5.42. The summed E-state index contributed by atoms with van der Waals surface area (Å²) in [5.74, 6) is 0.438. The van der Waals surface area contributed by atoms with E-state index in [0.29, 0.717) is 12.8 Å². The second kappa shape index (κ2) is 5.52. The maximum Gasteiger partial charge on any atom is 0.239 e. The molecule has 3 heterocycles. The Kier molecular flexibility index (Phi) is 3.35. The molecule has 0 unspecified atom stereocenters. The molecule has 2 aromatic rings. The SMILES string of the molecule is CN1C(=O)[C@@]2(C[C@H]3C(=O)CC[C@@H]2N3Cc2ccccc2)c2ccccc21. The highest BCUT2D eigenvalue weighted by atomic mass is 16.2. The third-order valence-corrected chi connectivity index (χ3v) is 6.56. The number of para-hydroxylation sites is 1. The minimum atomic E-state index is -0.572. The van der Waals surface area contributed by atoms with Gasteiger partial charge in [-0.05, 0) is 30.0 Å². The van der Waals surface area contributed by atoms with Crippen molar-refractivity contribution >= 4 is 17.4 Å². The van der Waals surface area contributed by atoms with Gasteiger partial charge in [-0.25, -0.2) is 0 Å². The molecule has 3 atom stereocenters. The molecular weight excluding hydrogens is 324 g/mol. The number of carbonyl (C=O) groups excluding carboxylic acids is 2. The molecule has 2 saturated heterocycles. The molecule has 0 aliphatic carbocycles. The molecular formula is C22H22N2O2. The van der Waals surface area contributed by atoms with E-state index in [2.05, 4.69) is 23.1 Å². The van der Waals surface area contributed by atoms with E-state index in [1.807, 2.05) is 43.4 Å². The van der Waals surface area contributed by atoms with Crippen LogP contribution in [0, 0.1) is 0 Å². The van der Waals surface area contributed by atoms with Crippen LogP contribution >= 0.6 is 0 Å². The molecule has 1 spiro atoms. The van der Waals surface area contributed by atoms with Gasteiger partial charge in [0, 0.05) is 31.7 Å². The lowest BCUT2D eigenvalue weighted by atomic mass is 9.74. The molecule has 1 amide bonds. The number of nitrogens with zero attached hydrogens (tertiary/aromatic N) is 2. The molecule has 2 bridgehead atoms. The van der Waals surface area contributed by atoms with Crippen LogP contribution in [0.5, 0.6) is 0 Å². The zero-order chi connectivity index (χ0) is 17.9. The van der Waals surface area contributed by atoms with Gasteiger partial charge in [-0.1, -0.05) is 48.5 Å². The van der Waals surface area contributed by atoms with Crippen LogP contribution in [0.15, 0.2) is 54.6 Å². The predicted octanol–water partition coefficient (Wildman–Crippen LogP) is 2.91. The molecule has 2 fully saturated rings. The Hall–Kier alpha value is -2.46. The van der Waals surface area contributed by atoms with Crippen LogP contribution in [0.3, 0.4) is 0 Å². The van der Waals surface area contributed by atoms with Crippen LogP contribution in [0.2, 0.25) is 0 Å². The highest BCUT2D eigenvalue weighted by Crippen LogP contribution is 2.55. The van der Waals surface area contributed by atoms with Crippen molar-refractivity contribution in [3.05, 3.63) is 65.7 Å². The molecule has 4 heteroatoms. The molecule has 0 saturated carbocycles. The van der Waals surface area contributed by atoms with Crippen LogP contribution in [-0.2, 0) is 21.5 Å². The summed E-state index contributed by atoms with van der Waals surface area (Å²) in [5, 5.41) is 0. The highest BCUT2D eigenvalue weighted by Gasteiger charge is 2.64. The Balaban J connectivity index is 1.62. The molecule has 3 aliphatic heterocycles. The lowest BCUT2D eigenvalue weighted by Crippen LogP contribution is -2.51. The van der Waals surface area contributed by atoms with Gasteiger partial charge in [0.15, 0.2) is 0 Å². The Morgan fingerprint density at radius 1 is 1.04 bits per heavy atom. The Morgan fingerprint density at radius 3 is 2.58 bits per heavy atom. The molecule has 4 nitrogen and oxygen atoms in total. The Bertz CT molecular complexity index is 894. The highest BCUT2D eigenvalue weighted by molar-refractivity contribution is 6.09. The monoisotopic (exact) mass is 346 g/mol. The number of carbonyl (C=O) groups is 2. The largest absolute Gasteiger partial charge is 0.314 e. The minimum absolute atomic E-state index is 0.0870. The average Bonchev–Trinajstić information content (AvgIpc) is 3.03. The van der Waals surface area contributed by atoms with E-state index in [0.717, 1.165) is 24.2 Å². The predicted molar refractivity (Wildman–Crippen MR) is 99.9 cm³/mol. The molecule has 2 aromatic carbocycles. The number of amides is 1. The molecule has 26 heavy (non-hydrogen) atoms. The van der Waals surface area contributed by atoms with Crippen LogP contribution in [0.4, 0.5) is 5.69 Å². The van der Waals surface area contributed by atoms with Crippen molar-refractivity contribution in [2.24, 2.45) is 0 Å². The first-order chi connectivity index (χ1) is 12.6. The smallest absolute Gasteiger partial charge is 0.239 e. The molecule has 0 aromatic heterocycles. The Morgan fingerprint density at radius 2 is 1.77 bits per heavy atom. The number of hydrogen-bond acceptors (Lipinski definition) is 3. The van der Waals surface area contributed by atoms with Gasteiger partial charge in [0.2, 0.25) is 5.91 Å². The van der Waals surface area contributed by atoms with Crippen molar-refractivity contribution in [2.45, 2.75) is 43.3 Å². The standard InChI is InChI=1S/C22H22N2O2/c1-23-17-10-6-5-9-16(17)22(21(23)26)13-18-19(25)11-12-20(22)24(18)14-15-7-3-2-4-8-15/h2-10,18,20H,11-14H2,1H3/t18-,20-,22-/m0/s1. The summed E-state index contributed by atoms with van der Waals surface area (Å²) >= 11 is 0. The molecule has 0 N–H and O–H groups in total. The van der Waals surface area contributed by atoms with Crippen molar-refractivity contribution in [3.8, 4) is 0 Å². The van der Waals surface area contributed by atoms with Gasteiger partial charge in [-0.15, -0.1) is 0 Å². The number of piperidine rings is 1. The fourth-order valence-corrected chi connectivity index (χ4v) is 5.42. The summed E-state index contributed by atoms with van der Waals surface area (Å²) in [6.45, 7) is 0.725. The first kappa shape index (κ1) is 15.8. The minimum Gasteiger partial charge on any atom is -0.314 e. The van der Waals surface area contributed by atoms with Gasteiger partial charge in [0.25, 0.3) is 0 Å². The summed E-state index contributed by atoms with van der Waals surface area (Å²) in [7, 11) is 1.86. The van der Waals surface area contributed by atoms with Crippen LogP contribution in [0.1, 0.15) is 30.4 Å². The third kappa shape index (κ3) is 1.93. The van der Waals surface area contributed by atoms with Crippen LogP contribution in [0.25, 0.3) is 0 Å². The summed E-state index contributed by atoms with van der Waals surface area (Å²) < 4.78 is 0.